The minimum absolute atomic E-state index is 0.513. The average Bonchev–Trinajstić information content (AvgIpc) is 1.90. The minimum atomic E-state index is 0.513. The van der Waals surface area contributed by atoms with Gasteiger partial charge in [-0.05, 0) is 17.3 Å². The molecule has 2 atom stereocenters. The van der Waals surface area contributed by atoms with Gasteiger partial charge in [0.2, 0.25) is 0 Å². The quantitative estimate of drug-likeness (QED) is 0.542. The molecular weight excluding hydrogens is 129 g/mol. The van der Waals surface area contributed by atoms with Crippen molar-refractivity contribution in [1.82, 2.24) is 4.98 Å². The molecule has 0 radical (unpaired) electrons. The lowest BCUT2D eigenvalue weighted by molar-refractivity contribution is 1.07. The number of aromatic nitrogens is 1. The molecule has 0 fully saturated rings. The zero-order valence-corrected chi connectivity index (χ0v) is 6.57. The first-order chi connectivity index (χ1) is 4.30. The van der Waals surface area contributed by atoms with Gasteiger partial charge < -0.3 is 0 Å². The van der Waals surface area contributed by atoms with Crippen molar-refractivity contribution in [1.29, 1.82) is 0 Å². The van der Waals surface area contributed by atoms with Crippen LogP contribution in [0.1, 0.15) is 18.1 Å². The maximum Gasteiger partial charge on any atom is 0.0305 e. The fourth-order valence-corrected chi connectivity index (χ4v) is 0.842. The summed E-state index contributed by atoms with van der Waals surface area (Å²) in [6.45, 7) is 2.13. The van der Waals surface area contributed by atoms with E-state index in [2.05, 4.69) is 27.2 Å². The van der Waals surface area contributed by atoms with Crippen LogP contribution in [0.25, 0.3) is 0 Å². The molecule has 0 aliphatic rings. The molecule has 2 unspecified atom stereocenters. The normalized spacial score (nSPS) is 13.1. The van der Waals surface area contributed by atoms with Crippen LogP contribution < -0.4 is 0 Å². The third-order valence-corrected chi connectivity index (χ3v) is 1.60. The lowest BCUT2D eigenvalue weighted by Gasteiger charge is -2.00. The van der Waals surface area contributed by atoms with E-state index in [1.165, 1.54) is 5.56 Å². The van der Waals surface area contributed by atoms with Crippen molar-refractivity contribution < 1.29 is 0 Å². The number of hydrogen-bond donors (Lipinski definition) is 0. The third kappa shape index (κ3) is 1.76. The molecule has 0 aromatic carbocycles. The van der Waals surface area contributed by atoms with Crippen LogP contribution in [0.15, 0.2) is 24.5 Å². The van der Waals surface area contributed by atoms with Gasteiger partial charge in [-0.3, -0.25) is 4.98 Å². The molecule has 1 heterocycles. The second-order valence-corrected chi connectivity index (χ2v) is 3.08. The van der Waals surface area contributed by atoms with Crippen LogP contribution in [-0.2, 0) is 0 Å². The van der Waals surface area contributed by atoms with Gasteiger partial charge in [0.25, 0.3) is 0 Å². The van der Waals surface area contributed by atoms with Gasteiger partial charge in [-0.2, -0.15) is 0 Å². The monoisotopic (exact) mass is 139 g/mol. The first kappa shape index (κ1) is 6.70. The van der Waals surface area contributed by atoms with Crippen molar-refractivity contribution in [3.63, 3.8) is 0 Å². The van der Waals surface area contributed by atoms with Gasteiger partial charge in [0.15, 0.2) is 0 Å². The Bertz CT molecular complexity index is 172. The molecule has 0 spiro atoms. The van der Waals surface area contributed by atoms with E-state index >= 15 is 0 Å². The summed E-state index contributed by atoms with van der Waals surface area (Å²) in [5, 5.41) is 0. The molecule has 48 valence electrons. The van der Waals surface area contributed by atoms with Crippen LogP contribution >= 0.6 is 9.24 Å². The highest BCUT2D eigenvalue weighted by molar-refractivity contribution is 7.17. The number of rotatable bonds is 1. The zero-order valence-electron chi connectivity index (χ0n) is 5.41. The highest BCUT2D eigenvalue weighted by Gasteiger charge is 1.94. The third-order valence-electron chi connectivity index (χ3n) is 1.21. The Morgan fingerprint density at radius 2 is 2.44 bits per heavy atom. The predicted molar refractivity (Wildman–Crippen MR) is 42.4 cm³/mol. The molecule has 1 rings (SSSR count). The Labute approximate surface area is 57.7 Å². The highest BCUT2D eigenvalue weighted by atomic mass is 31.0. The van der Waals surface area contributed by atoms with Crippen LogP contribution in [0.4, 0.5) is 0 Å². The molecule has 0 saturated heterocycles. The van der Waals surface area contributed by atoms with Crippen molar-refractivity contribution in [3.05, 3.63) is 30.1 Å². The lowest BCUT2D eigenvalue weighted by Crippen LogP contribution is -1.82. The van der Waals surface area contributed by atoms with E-state index in [1.54, 1.807) is 6.20 Å². The lowest BCUT2D eigenvalue weighted by atomic mass is 10.2. The van der Waals surface area contributed by atoms with Crippen molar-refractivity contribution in [3.8, 4) is 0 Å². The minimum Gasteiger partial charge on any atom is -0.264 e. The summed E-state index contributed by atoms with van der Waals surface area (Å²) in [5.41, 5.74) is 1.78. The molecule has 9 heavy (non-hydrogen) atoms. The van der Waals surface area contributed by atoms with E-state index in [0.717, 1.165) is 0 Å². The number of pyridine rings is 1. The predicted octanol–water partition coefficient (Wildman–Crippen LogP) is 2.02. The topological polar surface area (TPSA) is 12.9 Å². The Morgan fingerprint density at radius 1 is 1.67 bits per heavy atom. The van der Waals surface area contributed by atoms with Crippen molar-refractivity contribution in [2.45, 2.75) is 12.6 Å². The molecule has 1 nitrogen and oxygen atoms in total. The van der Waals surface area contributed by atoms with Gasteiger partial charge in [-0.25, -0.2) is 0 Å². The molecule has 2 heteroatoms. The molecule has 0 saturated carbocycles. The summed E-state index contributed by atoms with van der Waals surface area (Å²) in [7, 11) is 2.73. The summed E-state index contributed by atoms with van der Waals surface area (Å²) in [6.07, 6.45) is 3.67. The molecule has 1 aromatic rings. The van der Waals surface area contributed by atoms with Crippen LogP contribution in [0.2, 0.25) is 0 Å². The van der Waals surface area contributed by atoms with Gasteiger partial charge in [-0.15, -0.1) is 9.24 Å². The van der Waals surface area contributed by atoms with Crippen LogP contribution in [0.3, 0.4) is 0 Å². The van der Waals surface area contributed by atoms with E-state index in [-0.39, 0.29) is 0 Å². The summed E-state index contributed by atoms with van der Waals surface area (Å²) in [4.78, 5) is 3.99. The largest absolute Gasteiger partial charge is 0.264 e. The SMILES string of the molecule is CC(P)c1cccnc1. The fraction of sp³-hybridized carbons (Fsp3) is 0.286. The summed E-state index contributed by atoms with van der Waals surface area (Å²) >= 11 is 0. The first-order valence-electron chi connectivity index (χ1n) is 2.96. The fourth-order valence-electron chi connectivity index (χ4n) is 0.645. The second kappa shape index (κ2) is 2.93. The zero-order chi connectivity index (χ0) is 6.69. The van der Waals surface area contributed by atoms with Crippen LogP contribution in [0.5, 0.6) is 0 Å². The molecule has 0 aliphatic heterocycles. The number of nitrogens with zero attached hydrogens (tertiary/aromatic N) is 1. The maximum atomic E-state index is 3.99. The van der Waals surface area contributed by atoms with Crippen molar-refractivity contribution in [2.24, 2.45) is 0 Å². The van der Waals surface area contributed by atoms with E-state index in [9.17, 15) is 0 Å². The summed E-state index contributed by atoms with van der Waals surface area (Å²) in [5.74, 6) is 0. The van der Waals surface area contributed by atoms with Crippen LogP contribution in [-0.4, -0.2) is 4.98 Å². The molecule has 0 N–H and O–H groups in total. The Balaban J connectivity index is 2.85. The first-order valence-corrected chi connectivity index (χ1v) is 3.63. The van der Waals surface area contributed by atoms with E-state index in [0.29, 0.717) is 5.66 Å². The van der Waals surface area contributed by atoms with Gasteiger partial charge in [0, 0.05) is 12.4 Å². The standard InChI is InChI=1S/C7H10NP/c1-6(9)7-3-2-4-8-5-7/h2-6H,9H2,1H3. The van der Waals surface area contributed by atoms with Gasteiger partial charge in [0.05, 0.1) is 0 Å². The molecule has 0 amide bonds. The highest BCUT2D eigenvalue weighted by Crippen LogP contribution is 2.19. The van der Waals surface area contributed by atoms with Crippen LogP contribution in [0, 0.1) is 0 Å². The Hall–Kier alpha value is -0.420. The van der Waals surface area contributed by atoms with Gasteiger partial charge in [-0.1, -0.05) is 13.0 Å². The molecule has 0 bridgehead atoms. The van der Waals surface area contributed by atoms with E-state index in [4.69, 9.17) is 0 Å². The van der Waals surface area contributed by atoms with E-state index in [1.807, 2.05) is 12.3 Å². The smallest absolute Gasteiger partial charge is 0.0305 e. The van der Waals surface area contributed by atoms with Crippen molar-refractivity contribution in [2.75, 3.05) is 0 Å². The maximum absolute atomic E-state index is 3.99. The Kier molecular flexibility index (Phi) is 2.18. The van der Waals surface area contributed by atoms with Gasteiger partial charge in [0.1, 0.15) is 0 Å². The molecule has 1 aromatic heterocycles. The van der Waals surface area contributed by atoms with Gasteiger partial charge >= 0.3 is 0 Å². The summed E-state index contributed by atoms with van der Waals surface area (Å²) < 4.78 is 0. The Morgan fingerprint density at radius 3 is 2.78 bits per heavy atom. The number of hydrogen-bond acceptors (Lipinski definition) is 1. The second-order valence-electron chi connectivity index (χ2n) is 2.08. The summed E-state index contributed by atoms with van der Waals surface area (Å²) in [6, 6.07) is 4.03. The molecular formula is C7H10NP. The van der Waals surface area contributed by atoms with Crippen molar-refractivity contribution >= 4 is 9.24 Å². The molecule has 0 aliphatic carbocycles. The average molecular weight is 139 g/mol. The van der Waals surface area contributed by atoms with E-state index < -0.39 is 0 Å².